The fraction of sp³-hybridized carbons (Fsp3) is 0.643. The Bertz CT molecular complexity index is 429. The van der Waals surface area contributed by atoms with Crippen molar-refractivity contribution in [2.24, 2.45) is 23.7 Å². The van der Waals surface area contributed by atoms with Gasteiger partial charge in [0.2, 0.25) is 0 Å². The summed E-state index contributed by atoms with van der Waals surface area (Å²) in [5.74, 6) is 4.02. The number of fused-ring (bicyclic) bond motifs is 5. The van der Waals surface area contributed by atoms with E-state index in [1.165, 1.54) is 24.9 Å². The van der Waals surface area contributed by atoms with Crippen LogP contribution < -0.4 is 10.6 Å². The van der Waals surface area contributed by atoms with Gasteiger partial charge in [0.05, 0.1) is 23.8 Å². The Morgan fingerprint density at radius 3 is 2.53 bits per heavy atom. The minimum Gasteiger partial charge on any atom is -0.387 e. The van der Waals surface area contributed by atoms with Crippen LogP contribution in [-0.2, 0) is 0 Å². The van der Waals surface area contributed by atoms with Crippen molar-refractivity contribution in [2.75, 3.05) is 17.7 Å². The van der Waals surface area contributed by atoms with Crippen molar-refractivity contribution in [3.8, 4) is 0 Å². The molecule has 1 aromatic rings. The topological polar surface area (TPSA) is 37.0 Å². The molecule has 0 aromatic carbocycles. The smallest absolute Gasteiger partial charge is 0.0549 e. The van der Waals surface area contributed by atoms with E-state index in [4.69, 9.17) is 0 Å². The average Bonchev–Trinajstić information content (AvgIpc) is 2.76. The molecular weight excluding hydrogens is 210 g/mol. The van der Waals surface area contributed by atoms with Gasteiger partial charge in [-0.15, -0.1) is 0 Å². The molecule has 2 bridgehead atoms. The molecule has 0 saturated heterocycles. The minimum atomic E-state index is 0.746. The molecule has 3 aliphatic rings. The Balaban J connectivity index is 1.49. The first-order valence-corrected chi connectivity index (χ1v) is 6.76. The quantitative estimate of drug-likeness (QED) is 0.836. The molecule has 3 aliphatic carbocycles. The van der Waals surface area contributed by atoms with E-state index in [1.807, 2.05) is 19.4 Å². The number of hydrogen-bond acceptors (Lipinski definition) is 3. The van der Waals surface area contributed by atoms with Crippen LogP contribution in [0, 0.1) is 23.7 Å². The third kappa shape index (κ3) is 1.38. The highest BCUT2D eigenvalue weighted by Gasteiger charge is 2.64. The SMILES string of the molecule is CNc1cncc(NC2C3C4CCC(C4)C23)c1. The highest BCUT2D eigenvalue weighted by atomic mass is 15.0. The van der Waals surface area contributed by atoms with Gasteiger partial charge in [-0.05, 0) is 49.0 Å². The molecule has 0 radical (unpaired) electrons. The molecule has 0 spiro atoms. The fourth-order valence-corrected chi connectivity index (χ4v) is 4.37. The first-order valence-electron chi connectivity index (χ1n) is 6.76. The molecule has 4 atom stereocenters. The molecule has 1 heterocycles. The summed E-state index contributed by atoms with van der Waals surface area (Å²) in [6, 6.07) is 2.90. The maximum Gasteiger partial charge on any atom is 0.0549 e. The zero-order chi connectivity index (χ0) is 11.4. The van der Waals surface area contributed by atoms with Gasteiger partial charge in [-0.3, -0.25) is 4.98 Å². The molecule has 4 rings (SSSR count). The fourth-order valence-electron chi connectivity index (χ4n) is 4.37. The number of hydrogen-bond donors (Lipinski definition) is 2. The number of anilines is 2. The van der Waals surface area contributed by atoms with Gasteiger partial charge in [0, 0.05) is 13.1 Å². The van der Waals surface area contributed by atoms with Gasteiger partial charge in [0.25, 0.3) is 0 Å². The van der Waals surface area contributed by atoms with Crippen LogP contribution in [0.25, 0.3) is 0 Å². The predicted molar refractivity (Wildman–Crippen MR) is 69.0 cm³/mol. The van der Waals surface area contributed by atoms with Crippen molar-refractivity contribution in [1.82, 2.24) is 4.98 Å². The van der Waals surface area contributed by atoms with E-state index >= 15 is 0 Å². The van der Waals surface area contributed by atoms with Gasteiger partial charge >= 0.3 is 0 Å². The Morgan fingerprint density at radius 1 is 1.12 bits per heavy atom. The van der Waals surface area contributed by atoms with Crippen LogP contribution in [0.15, 0.2) is 18.5 Å². The number of nitrogens with zero attached hydrogens (tertiary/aromatic N) is 1. The summed E-state index contributed by atoms with van der Waals surface area (Å²) in [5.41, 5.74) is 2.26. The highest BCUT2D eigenvalue weighted by molar-refractivity contribution is 5.55. The number of aromatic nitrogens is 1. The maximum atomic E-state index is 4.26. The van der Waals surface area contributed by atoms with Crippen LogP contribution >= 0.6 is 0 Å². The van der Waals surface area contributed by atoms with Crippen molar-refractivity contribution >= 4 is 11.4 Å². The lowest BCUT2D eigenvalue weighted by atomic mass is 10.0. The lowest BCUT2D eigenvalue weighted by Crippen LogP contribution is -2.12. The summed E-state index contributed by atoms with van der Waals surface area (Å²) in [6.45, 7) is 0. The molecular formula is C14H19N3. The molecule has 3 heteroatoms. The summed E-state index contributed by atoms with van der Waals surface area (Å²) >= 11 is 0. The third-order valence-corrected chi connectivity index (χ3v) is 5.10. The molecule has 3 nitrogen and oxygen atoms in total. The molecule has 4 unspecified atom stereocenters. The van der Waals surface area contributed by atoms with Gasteiger partial charge in [-0.2, -0.15) is 0 Å². The summed E-state index contributed by atoms with van der Waals surface area (Å²) in [7, 11) is 1.94. The third-order valence-electron chi connectivity index (χ3n) is 5.10. The first-order chi connectivity index (χ1) is 8.36. The van der Waals surface area contributed by atoms with Crippen molar-refractivity contribution < 1.29 is 0 Å². The molecule has 2 N–H and O–H groups in total. The second-order valence-corrected chi connectivity index (χ2v) is 5.87. The second-order valence-electron chi connectivity index (χ2n) is 5.87. The zero-order valence-electron chi connectivity index (χ0n) is 10.2. The Morgan fingerprint density at radius 2 is 1.82 bits per heavy atom. The first kappa shape index (κ1) is 9.75. The highest BCUT2D eigenvalue weighted by Crippen LogP contribution is 2.66. The van der Waals surface area contributed by atoms with Crippen LogP contribution in [-0.4, -0.2) is 18.1 Å². The number of rotatable bonds is 3. The van der Waals surface area contributed by atoms with Crippen LogP contribution in [0.4, 0.5) is 11.4 Å². The van der Waals surface area contributed by atoms with Crippen LogP contribution in [0.3, 0.4) is 0 Å². The molecule has 3 saturated carbocycles. The molecule has 0 aliphatic heterocycles. The van der Waals surface area contributed by atoms with Gasteiger partial charge in [0.15, 0.2) is 0 Å². The standard InChI is InChI=1S/C14H19N3/c1-15-10-5-11(7-16-6-10)17-14-12-8-2-3-9(4-8)13(12)14/h5-9,12-15,17H,2-4H2,1H3. The second kappa shape index (κ2) is 3.37. The van der Waals surface area contributed by atoms with E-state index in [2.05, 4.69) is 21.7 Å². The van der Waals surface area contributed by atoms with Crippen molar-refractivity contribution in [3.63, 3.8) is 0 Å². The van der Waals surface area contributed by atoms with Crippen LogP contribution in [0.5, 0.6) is 0 Å². The Labute approximate surface area is 102 Å². The lowest BCUT2D eigenvalue weighted by Gasteiger charge is -2.12. The van der Waals surface area contributed by atoms with Crippen molar-refractivity contribution in [3.05, 3.63) is 18.5 Å². The normalized spacial score (nSPS) is 41.1. The van der Waals surface area contributed by atoms with E-state index in [9.17, 15) is 0 Å². The largest absolute Gasteiger partial charge is 0.387 e. The molecule has 1 aromatic heterocycles. The summed E-state index contributed by atoms with van der Waals surface area (Å²) < 4.78 is 0. The maximum absolute atomic E-state index is 4.26. The zero-order valence-corrected chi connectivity index (χ0v) is 10.2. The van der Waals surface area contributed by atoms with Crippen molar-refractivity contribution in [2.45, 2.75) is 25.3 Å². The molecule has 90 valence electrons. The Kier molecular flexibility index (Phi) is 1.93. The summed E-state index contributed by atoms with van der Waals surface area (Å²) in [5, 5.41) is 6.83. The predicted octanol–water partition coefficient (Wildman–Crippen LogP) is 2.58. The molecule has 0 amide bonds. The van der Waals surface area contributed by atoms with E-state index in [1.54, 1.807) is 0 Å². The molecule has 3 fully saturated rings. The van der Waals surface area contributed by atoms with Gasteiger partial charge in [-0.1, -0.05) is 0 Å². The van der Waals surface area contributed by atoms with Crippen molar-refractivity contribution in [1.29, 1.82) is 0 Å². The number of pyridine rings is 1. The lowest BCUT2D eigenvalue weighted by molar-refractivity contribution is 0.456. The average molecular weight is 229 g/mol. The summed E-state index contributed by atoms with van der Waals surface area (Å²) in [6.07, 6.45) is 8.29. The minimum absolute atomic E-state index is 0.746. The summed E-state index contributed by atoms with van der Waals surface area (Å²) in [4.78, 5) is 4.26. The van der Waals surface area contributed by atoms with E-state index in [0.29, 0.717) is 0 Å². The molecule has 17 heavy (non-hydrogen) atoms. The monoisotopic (exact) mass is 229 g/mol. The van der Waals surface area contributed by atoms with Gasteiger partial charge < -0.3 is 10.6 Å². The van der Waals surface area contributed by atoms with E-state index < -0.39 is 0 Å². The van der Waals surface area contributed by atoms with Gasteiger partial charge in [0.1, 0.15) is 0 Å². The Hall–Kier alpha value is -1.25. The van der Waals surface area contributed by atoms with E-state index in [-0.39, 0.29) is 0 Å². The number of nitrogens with one attached hydrogen (secondary N) is 2. The van der Waals surface area contributed by atoms with E-state index in [0.717, 1.165) is 35.4 Å². The van der Waals surface area contributed by atoms with Crippen LogP contribution in [0.1, 0.15) is 19.3 Å². The van der Waals surface area contributed by atoms with Crippen LogP contribution in [0.2, 0.25) is 0 Å². The van der Waals surface area contributed by atoms with Gasteiger partial charge in [-0.25, -0.2) is 0 Å².